The number of hydrogen-bond donors (Lipinski definition) is 2. The van der Waals surface area contributed by atoms with E-state index in [9.17, 15) is 14.9 Å². The van der Waals surface area contributed by atoms with Crippen molar-refractivity contribution in [1.82, 2.24) is 0 Å². The molecule has 0 spiro atoms. The Kier molecular flexibility index (Phi) is 6.33. The fourth-order valence-corrected chi connectivity index (χ4v) is 3.39. The average Bonchev–Trinajstić information content (AvgIpc) is 3.57. The molecular formula is C21H26N3O5+. The lowest BCUT2D eigenvalue weighted by molar-refractivity contribution is -0.938. The molecule has 1 aliphatic carbocycles. The van der Waals surface area contributed by atoms with Crippen molar-refractivity contribution >= 4 is 17.3 Å². The number of carbonyl (C=O) groups is 1. The average molecular weight is 400 g/mol. The molecule has 0 heterocycles. The van der Waals surface area contributed by atoms with Crippen LogP contribution >= 0.6 is 0 Å². The van der Waals surface area contributed by atoms with Gasteiger partial charge in [0.2, 0.25) is 0 Å². The minimum Gasteiger partial charge on any atom is -0.497 e. The molecule has 8 nitrogen and oxygen atoms in total. The molecule has 2 aromatic rings. The van der Waals surface area contributed by atoms with Gasteiger partial charge in [0.1, 0.15) is 18.0 Å². The van der Waals surface area contributed by atoms with Crippen molar-refractivity contribution in [2.45, 2.75) is 38.4 Å². The maximum Gasteiger partial charge on any atom is 0.282 e. The molecule has 1 amide bonds. The smallest absolute Gasteiger partial charge is 0.282 e. The lowest BCUT2D eigenvalue weighted by Crippen LogP contribution is -3.16. The Hall–Kier alpha value is -3.13. The zero-order valence-corrected chi connectivity index (χ0v) is 16.8. The largest absolute Gasteiger partial charge is 0.497 e. The molecule has 2 atom stereocenters. The van der Waals surface area contributed by atoms with E-state index in [1.54, 1.807) is 7.11 Å². The molecular weight excluding hydrogens is 374 g/mol. The number of nitrogens with zero attached hydrogens (tertiary/aromatic N) is 1. The summed E-state index contributed by atoms with van der Waals surface area (Å²) in [5.41, 5.74) is 1.48. The van der Waals surface area contributed by atoms with Crippen LogP contribution in [-0.4, -0.2) is 37.1 Å². The summed E-state index contributed by atoms with van der Waals surface area (Å²) < 4.78 is 10.4. The van der Waals surface area contributed by atoms with Crippen LogP contribution in [0.1, 0.15) is 25.3 Å². The third-order valence-corrected chi connectivity index (χ3v) is 5.27. The van der Waals surface area contributed by atoms with Gasteiger partial charge in [0.05, 0.1) is 36.9 Å². The minimum atomic E-state index is -0.495. The first-order valence-electron chi connectivity index (χ1n) is 9.54. The number of nitro benzene ring substituents is 1. The number of carbonyl (C=O) groups excluding carboxylic acids is 1. The van der Waals surface area contributed by atoms with Gasteiger partial charge in [0.25, 0.3) is 11.6 Å². The fraction of sp³-hybridized carbons (Fsp3) is 0.381. The number of nitro groups is 1. The molecule has 29 heavy (non-hydrogen) atoms. The Morgan fingerprint density at radius 2 is 1.90 bits per heavy atom. The van der Waals surface area contributed by atoms with Gasteiger partial charge in [-0.15, -0.1) is 0 Å². The van der Waals surface area contributed by atoms with Crippen LogP contribution in [0.25, 0.3) is 0 Å². The number of nitrogens with one attached hydrogen (secondary N) is 2. The third-order valence-electron chi connectivity index (χ3n) is 5.27. The van der Waals surface area contributed by atoms with Crippen LogP contribution < -0.4 is 19.7 Å². The van der Waals surface area contributed by atoms with Gasteiger partial charge in [0, 0.05) is 24.5 Å². The number of ether oxygens (including phenoxy) is 2. The Labute approximate surface area is 169 Å². The summed E-state index contributed by atoms with van der Waals surface area (Å²) in [5, 5.41) is 13.8. The quantitative estimate of drug-likeness (QED) is 0.497. The molecule has 1 fully saturated rings. The van der Waals surface area contributed by atoms with Crippen molar-refractivity contribution in [1.29, 1.82) is 0 Å². The van der Waals surface area contributed by atoms with E-state index < -0.39 is 4.92 Å². The Balaban J connectivity index is 1.72. The van der Waals surface area contributed by atoms with Crippen LogP contribution in [0.15, 0.2) is 42.5 Å². The molecule has 154 valence electrons. The molecule has 8 heteroatoms. The topological polar surface area (TPSA) is 95.1 Å². The maximum atomic E-state index is 12.9. The molecule has 2 aromatic carbocycles. The van der Waals surface area contributed by atoms with Gasteiger partial charge in [-0.2, -0.15) is 0 Å². The van der Waals surface area contributed by atoms with Crippen molar-refractivity contribution in [3.05, 3.63) is 58.1 Å². The van der Waals surface area contributed by atoms with Crippen molar-refractivity contribution < 1.29 is 24.1 Å². The summed E-state index contributed by atoms with van der Waals surface area (Å²) >= 11 is 0. The van der Waals surface area contributed by atoms with Crippen molar-refractivity contribution in [3.63, 3.8) is 0 Å². The molecule has 1 saturated carbocycles. The van der Waals surface area contributed by atoms with Crippen molar-refractivity contribution in [3.8, 4) is 11.5 Å². The number of methoxy groups -OCH3 is 2. The predicted molar refractivity (Wildman–Crippen MR) is 108 cm³/mol. The summed E-state index contributed by atoms with van der Waals surface area (Å²) in [6.07, 6.45) is 2.20. The van der Waals surface area contributed by atoms with Crippen LogP contribution in [0.4, 0.5) is 11.4 Å². The van der Waals surface area contributed by atoms with Crippen LogP contribution in [-0.2, 0) is 11.3 Å². The second-order valence-corrected chi connectivity index (χ2v) is 7.23. The maximum absolute atomic E-state index is 12.9. The summed E-state index contributed by atoms with van der Waals surface area (Å²) in [5.74, 6) is 0.924. The SMILES string of the molecule is COc1ccc(C[NH+](C2CC2)[C@@H](C)C(=O)Nc2ccc([N+](=O)[O-])cc2OC)cc1. The van der Waals surface area contributed by atoms with Gasteiger partial charge in [-0.05, 0) is 37.3 Å². The number of anilines is 1. The number of non-ortho nitro benzene ring substituents is 1. The van der Waals surface area contributed by atoms with Crippen molar-refractivity contribution in [2.75, 3.05) is 19.5 Å². The van der Waals surface area contributed by atoms with Gasteiger partial charge < -0.3 is 19.7 Å². The van der Waals surface area contributed by atoms with E-state index in [1.165, 1.54) is 30.2 Å². The number of amides is 1. The molecule has 1 unspecified atom stereocenters. The first-order chi connectivity index (χ1) is 13.9. The second-order valence-electron chi connectivity index (χ2n) is 7.23. The van der Waals surface area contributed by atoms with E-state index in [2.05, 4.69) is 5.32 Å². The normalized spacial score (nSPS) is 15.3. The summed E-state index contributed by atoms with van der Waals surface area (Å²) in [4.78, 5) is 24.6. The number of quaternary nitrogens is 1. The second kappa shape index (κ2) is 8.91. The minimum absolute atomic E-state index is 0.0855. The van der Waals surface area contributed by atoms with Gasteiger partial charge in [-0.3, -0.25) is 14.9 Å². The van der Waals surface area contributed by atoms with Crippen molar-refractivity contribution in [2.24, 2.45) is 0 Å². The fourth-order valence-electron chi connectivity index (χ4n) is 3.39. The first-order valence-corrected chi connectivity index (χ1v) is 9.54. The molecule has 1 aliphatic rings. The predicted octanol–water partition coefficient (Wildman–Crippen LogP) is 2.19. The lowest BCUT2D eigenvalue weighted by Gasteiger charge is -2.25. The van der Waals surface area contributed by atoms with Crippen LogP contribution in [0.3, 0.4) is 0 Å². The molecule has 2 N–H and O–H groups in total. The van der Waals surface area contributed by atoms with Gasteiger partial charge in [-0.25, -0.2) is 0 Å². The molecule has 3 rings (SSSR count). The molecule has 0 saturated heterocycles. The van der Waals surface area contributed by atoms with Gasteiger partial charge in [-0.1, -0.05) is 0 Å². The molecule has 0 radical (unpaired) electrons. The Morgan fingerprint density at radius 1 is 1.21 bits per heavy atom. The summed E-state index contributed by atoms with van der Waals surface area (Å²) in [6, 6.07) is 12.2. The van der Waals surface area contributed by atoms with Gasteiger partial charge in [0.15, 0.2) is 6.04 Å². The Bertz CT molecular complexity index is 880. The highest BCUT2D eigenvalue weighted by atomic mass is 16.6. The van der Waals surface area contributed by atoms with E-state index >= 15 is 0 Å². The van der Waals surface area contributed by atoms with E-state index in [0.29, 0.717) is 11.7 Å². The van der Waals surface area contributed by atoms with E-state index in [-0.39, 0.29) is 23.4 Å². The Morgan fingerprint density at radius 3 is 2.45 bits per heavy atom. The third kappa shape index (κ3) is 5.03. The summed E-state index contributed by atoms with van der Waals surface area (Å²) in [6.45, 7) is 2.64. The van der Waals surface area contributed by atoms with Crippen LogP contribution in [0.5, 0.6) is 11.5 Å². The molecule has 0 bridgehead atoms. The number of hydrogen-bond acceptors (Lipinski definition) is 5. The van der Waals surface area contributed by atoms with E-state index in [0.717, 1.165) is 30.7 Å². The van der Waals surface area contributed by atoms with Gasteiger partial charge >= 0.3 is 0 Å². The number of benzene rings is 2. The molecule has 0 aliphatic heterocycles. The summed E-state index contributed by atoms with van der Waals surface area (Å²) in [7, 11) is 3.05. The molecule has 0 aromatic heterocycles. The highest BCUT2D eigenvalue weighted by Crippen LogP contribution is 2.29. The van der Waals surface area contributed by atoms with E-state index in [1.807, 2.05) is 31.2 Å². The first kappa shape index (κ1) is 20.6. The zero-order valence-electron chi connectivity index (χ0n) is 16.8. The highest BCUT2D eigenvalue weighted by Gasteiger charge is 2.39. The van der Waals surface area contributed by atoms with E-state index in [4.69, 9.17) is 9.47 Å². The number of rotatable bonds is 9. The zero-order chi connectivity index (χ0) is 21.0. The highest BCUT2D eigenvalue weighted by molar-refractivity contribution is 5.95. The standard InChI is InChI=1S/C21H25N3O5/c1-14(21(25)22-19-11-8-17(24(26)27)12-20(19)29-3)23(16-6-7-16)13-15-4-9-18(28-2)10-5-15/h4-5,8-12,14,16H,6-7,13H2,1-3H3,(H,22,25)/p+1/t14-/m0/s1. The van der Waals surface area contributed by atoms with Crippen LogP contribution in [0, 0.1) is 10.1 Å². The van der Waals surface area contributed by atoms with Crippen LogP contribution in [0.2, 0.25) is 0 Å². The monoisotopic (exact) mass is 400 g/mol. The lowest BCUT2D eigenvalue weighted by atomic mass is 10.1.